The molecule has 3 aliphatic rings. The van der Waals surface area contributed by atoms with Gasteiger partial charge in [-0.05, 0) is 6.26 Å². The Balaban J connectivity index is 2.01. The minimum atomic E-state index is -0.587. The maximum atomic E-state index is 12.2. The minimum Gasteiger partial charge on any atom is -0.468 e. The van der Waals surface area contributed by atoms with E-state index in [-0.39, 0.29) is 17.8 Å². The van der Waals surface area contributed by atoms with Crippen LogP contribution in [-0.2, 0) is 19.0 Å². The monoisotopic (exact) mass is 256 g/mol. The van der Waals surface area contributed by atoms with Crippen molar-refractivity contribution in [3.8, 4) is 0 Å². The molecule has 3 atom stereocenters. The highest BCUT2D eigenvalue weighted by Crippen LogP contribution is 2.61. The fraction of sp³-hybridized carbons (Fsp3) is 0.750. The van der Waals surface area contributed by atoms with Crippen molar-refractivity contribution in [3.05, 3.63) is 12.2 Å². The summed E-state index contributed by atoms with van der Waals surface area (Å²) in [7, 11) is 1.45. The number of rotatable bonds is 2. The highest BCUT2D eigenvalue weighted by molar-refractivity contribution is 8.00. The van der Waals surface area contributed by atoms with Crippen LogP contribution in [0, 0.1) is 11.8 Å². The summed E-state index contributed by atoms with van der Waals surface area (Å²) in [5.74, 6) is -0.643. The number of esters is 1. The molecule has 3 rings (SSSR count). The zero-order valence-corrected chi connectivity index (χ0v) is 10.8. The first-order valence-electron chi connectivity index (χ1n) is 5.79. The molecule has 4 nitrogen and oxygen atoms in total. The molecule has 0 aromatic heterocycles. The smallest absolute Gasteiger partial charge is 0.323 e. The number of ether oxygens (including phenoxy) is 3. The second-order valence-corrected chi connectivity index (χ2v) is 5.75. The molecule has 1 heterocycles. The van der Waals surface area contributed by atoms with Crippen molar-refractivity contribution >= 4 is 17.7 Å². The molecule has 5 heteroatoms. The molecule has 2 fully saturated rings. The molecule has 0 amide bonds. The molecular weight excluding hydrogens is 240 g/mol. The molecule has 3 unspecified atom stereocenters. The number of carbonyl (C=O) groups excluding carboxylic acids is 1. The van der Waals surface area contributed by atoms with E-state index in [1.165, 1.54) is 7.11 Å². The topological polar surface area (TPSA) is 44.8 Å². The molecule has 1 saturated carbocycles. The van der Waals surface area contributed by atoms with Crippen molar-refractivity contribution in [1.29, 1.82) is 0 Å². The third-order valence-electron chi connectivity index (χ3n) is 4.15. The van der Waals surface area contributed by atoms with Gasteiger partial charge in [0, 0.05) is 12.3 Å². The van der Waals surface area contributed by atoms with Crippen molar-refractivity contribution in [2.45, 2.75) is 17.0 Å². The fourth-order valence-electron chi connectivity index (χ4n) is 3.46. The maximum absolute atomic E-state index is 12.2. The highest BCUT2D eigenvalue weighted by Gasteiger charge is 2.70. The highest BCUT2D eigenvalue weighted by atomic mass is 32.2. The molecule has 0 aromatic carbocycles. The van der Waals surface area contributed by atoms with Crippen molar-refractivity contribution in [2.24, 2.45) is 11.8 Å². The maximum Gasteiger partial charge on any atom is 0.323 e. The summed E-state index contributed by atoms with van der Waals surface area (Å²) in [5.41, 5.74) is 0. The molecule has 1 spiro atoms. The van der Waals surface area contributed by atoms with Crippen molar-refractivity contribution < 1.29 is 19.0 Å². The van der Waals surface area contributed by atoms with Gasteiger partial charge in [-0.1, -0.05) is 12.2 Å². The van der Waals surface area contributed by atoms with E-state index in [9.17, 15) is 4.79 Å². The summed E-state index contributed by atoms with van der Waals surface area (Å²) >= 11 is 1.56. The Morgan fingerprint density at radius 3 is 2.71 bits per heavy atom. The van der Waals surface area contributed by atoms with Gasteiger partial charge in [0.15, 0.2) is 5.79 Å². The second-order valence-electron chi connectivity index (χ2n) is 4.67. The molecule has 2 aliphatic carbocycles. The van der Waals surface area contributed by atoms with E-state index in [0.717, 1.165) is 6.42 Å². The predicted molar refractivity (Wildman–Crippen MR) is 63.6 cm³/mol. The lowest BCUT2D eigenvalue weighted by molar-refractivity contribution is -0.179. The number of methoxy groups -OCH3 is 1. The second kappa shape index (κ2) is 3.73. The van der Waals surface area contributed by atoms with Gasteiger partial charge in [-0.25, -0.2) is 0 Å². The first-order chi connectivity index (χ1) is 8.19. The number of thioether (sulfide) groups is 1. The van der Waals surface area contributed by atoms with Crippen molar-refractivity contribution in [2.75, 3.05) is 26.6 Å². The number of allylic oxidation sites excluding steroid dienone is 1. The third-order valence-corrected chi connectivity index (χ3v) is 5.54. The number of fused-ring (bicyclic) bond motifs is 3. The average molecular weight is 256 g/mol. The van der Waals surface area contributed by atoms with Crippen LogP contribution >= 0.6 is 11.8 Å². The van der Waals surface area contributed by atoms with Gasteiger partial charge in [0.2, 0.25) is 0 Å². The van der Waals surface area contributed by atoms with Gasteiger partial charge >= 0.3 is 5.97 Å². The van der Waals surface area contributed by atoms with E-state index in [2.05, 4.69) is 12.2 Å². The van der Waals surface area contributed by atoms with Gasteiger partial charge in [-0.2, -0.15) is 0 Å². The van der Waals surface area contributed by atoms with E-state index in [4.69, 9.17) is 14.2 Å². The standard InChI is InChI=1S/C12H16O4S/c1-14-10(13)12(17-2)8-3-4-9(12)11(7-8)15-5-6-16-11/h3-4,8-9H,5-7H2,1-2H3. The lowest BCUT2D eigenvalue weighted by Gasteiger charge is -2.33. The minimum absolute atomic E-state index is 0.0371. The van der Waals surface area contributed by atoms with E-state index < -0.39 is 10.5 Å². The van der Waals surface area contributed by atoms with Gasteiger partial charge in [-0.3, -0.25) is 4.79 Å². The lowest BCUT2D eigenvalue weighted by Crippen LogP contribution is -2.46. The normalized spacial score (nSPS) is 41.3. The lowest BCUT2D eigenvalue weighted by atomic mass is 9.93. The number of hydrogen-bond donors (Lipinski definition) is 0. The van der Waals surface area contributed by atoms with E-state index in [0.29, 0.717) is 13.2 Å². The Kier molecular flexibility index (Phi) is 2.54. The summed E-state index contributed by atoms with van der Waals surface area (Å²) < 4.78 is 16.0. The van der Waals surface area contributed by atoms with Crippen LogP contribution in [0.5, 0.6) is 0 Å². The molecule has 1 saturated heterocycles. The Bertz CT molecular complexity index is 375. The van der Waals surface area contributed by atoms with Crippen LogP contribution in [0.2, 0.25) is 0 Å². The van der Waals surface area contributed by atoms with Crippen LogP contribution in [0.1, 0.15) is 6.42 Å². The van der Waals surface area contributed by atoms with Crippen LogP contribution in [0.4, 0.5) is 0 Å². The molecule has 2 bridgehead atoms. The third kappa shape index (κ3) is 1.25. The average Bonchev–Trinajstić information content (AvgIpc) is 3.01. The van der Waals surface area contributed by atoms with Crippen LogP contribution in [0.25, 0.3) is 0 Å². The van der Waals surface area contributed by atoms with Gasteiger partial charge in [0.25, 0.3) is 0 Å². The molecule has 0 radical (unpaired) electrons. The summed E-state index contributed by atoms with van der Waals surface area (Å²) in [6, 6.07) is 0. The molecule has 0 aromatic rings. The molecular formula is C12H16O4S. The zero-order valence-electron chi connectivity index (χ0n) is 9.97. The van der Waals surface area contributed by atoms with E-state index in [1.807, 2.05) is 6.26 Å². The van der Waals surface area contributed by atoms with Crippen LogP contribution in [-0.4, -0.2) is 43.1 Å². The first-order valence-corrected chi connectivity index (χ1v) is 7.02. The summed E-state index contributed by atoms with van der Waals surface area (Å²) in [4.78, 5) is 12.2. The Morgan fingerprint density at radius 2 is 2.12 bits per heavy atom. The van der Waals surface area contributed by atoms with Crippen molar-refractivity contribution in [3.63, 3.8) is 0 Å². The van der Waals surface area contributed by atoms with Crippen LogP contribution in [0.3, 0.4) is 0 Å². The quantitative estimate of drug-likeness (QED) is 0.549. The summed E-state index contributed by atoms with van der Waals surface area (Å²) in [6.45, 7) is 1.23. The van der Waals surface area contributed by atoms with Gasteiger partial charge < -0.3 is 14.2 Å². The zero-order chi connectivity index (χ0) is 12.1. The van der Waals surface area contributed by atoms with Crippen LogP contribution in [0.15, 0.2) is 12.2 Å². The van der Waals surface area contributed by atoms with Gasteiger partial charge in [-0.15, -0.1) is 11.8 Å². The van der Waals surface area contributed by atoms with Crippen LogP contribution < -0.4 is 0 Å². The molecule has 1 aliphatic heterocycles. The first kappa shape index (κ1) is 11.6. The number of hydrogen-bond acceptors (Lipinski definition) is 5. The predicted octanol–water partition coefficient (Wildman–Crippen LogP) is 1.21. The number of carbonyl (C=O) groups is 1. The Hall–Kier alpha value is -0.520. The van der Waals surface area contributed by atoms with Gasteiger partial charge in [0.1, 0.15) is 4.75 Å². The van der Waals surface area contributed by atoms with E-state index in [1.54, 1.807) is 11.8 Å². The van der Waals surface area contributed by atoms with E-state index >= 15 is 0 Å². The SMILES string of the molecule is COC(=O)C1(SC)C2C=CC1C1(C2)OCCO1. The summed E-state index contributed by atoms with van der Waals surface area (Å²) in [5, 5.41) is 0. The fourth-order valence-corrected chi connectivity index (χ4v) is 4.68. The Labute approximate surface area is 105 Å². The van der Waals surface area contributed by atoms with Crippen molar-refractivity contribution in [1.82, 2.24) is 0 Å². The molecule has 94 valence electrons. The molecule has 0 N–H and O–H groups in total. The van der Waals surface area contributed by atoms with Gasteiger partial charge in [0.05, 0.1) is 26.2 Å². The summed E-state index contributed by atoms with van der Waals surface area (Å²) in [6.07, 6.45) is 6.88. The Morgan fingerprint density at radius 1 is 1.41 bits per heavy atom. The molecule has 17 heavy (non-hydrogen) atoms. The largest absolute Gasteiger partial charge is 0.468 e.